The Bertz CT molecular complexity index is 667. The Morgan fingerprint density at radius 2 is 1.69 bits per heavy atom. The molecule has 0 unspecified atom stereocenters. The van der Waals surface area contributed by atoms with E-state index in [4.69, 9.17) is 16.7 Å². The molecular formula is C10H7ClNO3S. The Morgan fingerprint density at radius 3 is 2.25 bits per heavy atom. The van der Waals surface area contributed by atoms with E-state index >= 15 is 0 Å². The number of benzene rings is 2. The molecule has 0 bridgehead atoms. The summed E-state index contributed by atoms with van der Waals surface area (Å²) in [5, 5.41) is 17.3. The molecule has 2 rings (SSSR count). The first-order valence-electron chi connectivity index (χ1n) is 4.32. The fraction of sp³-hybridized carbons (Fsp3) is 0. The van der Waals surface area contributed by atoms with Crippen molar-refractivity contribution in [2.45, 2.75) is 4.90 Å². The van der Waals surface area contributed by atoms with Gasteiger partial charge in [0.15, 0.2) is 5.75 Å². The number of fused-ring (bicyclic) bond motifs is 1. The Balaban J connectivity index is 2.97. The average Bonchev–Trinajstić information content (AvgIpc) is 2.22. The van der Waals surface area contributed by atoms with Crippen LogP contribution in [0.25, 0.3) is 10.8 Å². The third-order valence-electron chi connectivity index (χ3n) is 2.21. The first-order chi connectivity index (χ1) is 7.41. The maximum atomic E-state index is 11.6. The van der Waals surface area contributed by atoms with Crippen LogP contribution in [-0.4, -0.2) is 8.42 Å². The molecule has 16 heavy (non-hydrogen) atoms. The molecule has 0 fully saturated rings. The molecule has 0 saturated carbocycles. The van der Waals surface area contributed by atoms with Gasteiger partial charge in [-0.25, -0.2) is 13.6 Å². The monoisotopic (exact) mass is 256 g/mol. The Morgan fingerprint density at radius 1 is 1.12 bits per heavy atom. The Hall–Kier alpha value is -1.30. The SMILES string of the molecule is NS(=O)(=O)c1cc([O])c2ccccc2c1Cl. The molecule has 2 N–H and O–H groups in total. The molecule has 6 heteroatoms. The van der Waals surface area contributed by atoms with Crippen LogP contribution in [-0.2, 0) is 15.1 Å². The highest BCUT2D eigenvalue weighted by molar-refractivity contribution is 7.89. The van der Waals surface area contributed by atoms with Crippen molar-refractivity contribution in [2.75, 3.05) is 0 Å². The highest BCUT2D eigenvalue weighted by Crippen LogP contribution is 2.35. The fourth-order valence-corrected chi connectivity index (χ4v) is 2.66. The van der Waals surface area contributed by atoms with E-state index in [-0.39, 0.29) is 9.92 Å². The first-order valence-corrected chi connectivity index (χ1v) is 6.25. The summed E-state index contributed by atoms with van der Waals surface area (Å²) in [5.41, 5.74) is 0. The number of sulfonamides is 1. The third-order valence-corrected chi connectivity index (χ3v) is 3.67. The first kappa shape index (κ1) is 11.2. The summed E-state index contributed by atoms with van der Waals surface area (Å²) < 4.78 is 22.4. The molecule has 2 aromatic carbocycles. The molecule has 0 aliphatic rings. The number of primary sulfonamides is 1. The van der Waals surface area contributed by atoms with Crippen molar-refractivity contribution in [3.05, 3.63) is 35.4 Å². The zero-order valence-electron chi connectivity index (χ0n) is 7.98. The minimum Gasteiger partial charge on any atom is -0.289 e. The van der Waals surface area contributed by atoms with Gasteiger partial charge in [-0.2, -0.15) is 0 Å². The van der Waals surface area contributed by atoms with Crippen molar-refractivity contribution in [1.82, 2.24) is 0 Å². The Kier molecular flexibility index (Phi) is 2.53. The van der Waals surface area contributed by atoms with E-state index < -0.39 is 15.8 Å². The van der Waals surface area contributed by atoms with E-state index in [1.165, 1.54) is 0 Å². The summed E-state index contributed by atoms with van der Waals surface area (Å²) >= 11 is 5.90. The van der Waals surface area contributed by atoms with Gasteiger partial charge in [0.05, 0.1) is 5.02 Å². The predicted molar refractivity (Wildman–Crippen MR) is 60.5 cm³/mol. The van der Waals surface area contributed by atoms with E-state index in [1.54, 1.807) is 24.3 Å². The highest BCUT2D eigenvalue weighted by Gasteiger charge is 2.18. The molecule has 0 heterocycles. The maximum absolute atomic E-state index is 11.6. The van der Waals surface area contributed by atoms with E-state index in [1.807, 2.05) is 0 Å². The number of hydrogen-bond donors (Lipinski definition) is 1. The lowest BCUT2D eigenvalue weighted by molar-refractivity contribution is 0.359. The zero-order chi connectivity index (χ0) is 11.9. The maximum Gasteiger partial charge on any atom is 0.239 e. The number of nitrogens with two attached hydrogens (primary N) is 1. The van der Waals surface area contributed by atoms with Crippen LogP contribution in [0.2, 0.25) is 5.02 Å². The molecule has 0 amide bonds. The van der Waals surface area contributed by atoms with Gasteiger partial charge in [0.25, 0.3) is 0 Å². The van der Waals surface area contributed by atoms with Crippen LogP contribution in [0.5, 0.6) is 5.75 Å². The molecule has 0 spiro atoms. The van der Waals surface area contributed by atoms with Gasteiger partial charge in [0.2, 0.25) is 10.0 Å². The number of halogens is 1. The summed E-state index contributed by atoms with van der Waals surface area (Å²) in [5.74, 6) is -0.413. The van der Waals surface area contributed by atoms with Crippen molar-refractivity contribution in [3.8, 4) is 5.75 Å². The van der Waals surface area contributed by atoms with Gasteiger partial charge < -0.3 is 0 Å². The molecule has 4 nitrogen and oxygen atoms in total. The molecule has 1 radical (unpaired) electrons. The van der Waals surface area contributed by atoms with E-state index in [9.17, 15) is 13.5 Å². The molecule has 0 aliphatic carbocycles. The smallest absolute Gasteiger partial charge is 0.239 e. The molecular weight excluding hydrogens is 250 g/mol. The lowest BCUT2D eigenvalue weighted by atomic mass is 10.1. The second-order valence-electron chi connectivity index (χ2n) is 3.28. The molecule has 2 aromatic rings. The van der Waals surface area contributed by atoms with Gasteiger partial charge >= 0.3 is 0 Å². The minimum absolute atomic E-state index is 0.0160. The summed E-state index contributed by atoms with van der Waals surface area (Å²) in [6.07, 6.45) is 0. The van der Waals surface area contributed by atoms with Crippen LogP contribution >= 0.6 is 11.6 Å². The van der Waals surface area contributed by atoms with Crippen molar-refractivity contribution in [3.63, 3.8) is 0 Å². The zero-order valence-corrected chi connectivity index (χ0v) is 9.55. The van der Waals surface area contributed by atoms with Gasteiger partial charge in [0.1, 0.15) is 4.90 Å². The lowest BCUT2D eigenvalue weighted by Gasteiger charge is -2.06. The van der Waals surface area contributed by atoms with Gasteiger partial charge in [-0.15, -0.1) is 0 Å². The van der Waals surface area contributed by atoms with Crippen molar-refractivity contribution in [2.24, 2.45) is 5.14 Å². The molecule has 0 atom stereocenters. The average molecular weight is 257 g/mol. The lowest BCUT2D eigenvalue weighted by Crippen LogP contribution is -2.12. The summed E-state index contributed by atoms with van der Waals surface area (Å²) in [7, 11) is -3.98. The van der Waals surface area contributed by atoms with Crippen LogP contribution in [0, 0.1) is 0 Å². The van der Waals surface area contributed by atoms with Crippen molar-refractivity contribution < 1.29 is 13.5 Å². The van der Waals surface area contributed by atoms with Crippen LogP contribution in [0.15, 0.2) is 35.2 Å². The molecule has 0 aliphatic heterocycles. The van der Waals surface area contributed by atoms with Crippen molar-refractivity contribution >= 4 is 32.4 Å². The van der Waals surface area contributed by atoms with Crippen LogP contribution < -0.4 is 5.14 Å². The predicted octanol–water partition coefficient (Wildman–Crippen LogP) is 2.28. The summed E-state index contributed by atoms with van der Waals surface area (Å²) in [6.45, 7) is 0. The van der Waals surface area contributed by atoms with Crippen LogP contribution in [0.4, 0.5) is 0 Å². The fourth-order valence-electron chi connectivity index (χ4n) is 1.49. The molecule has 83 valence electrons. The van der Waals surface area contributed by atoms with Gasteiger partial charge in [0, 0.05) is 16.8 Å². The number of rotatable bonds is 1. The second kappa shape index (κ2) is 3.62. The van der Waals surface area contributed by atoms with E-state index in [0.29, 0.717) is 10.8 Å². The minimum atomic E-state index is -3.98. The van der Waals surface area contributed by atoms with Gasteiger partial charge in [-0.3, -0.25) is 5.11 Å². The van der Waals surface area contributed by atoms with E-state index in [2.05, 4.69) is 0 Å². The van der Waals surface area contributed by atoms with Gasteiger partial charge in [-0.1, -0.05) is 35.9 Å². The number of hydrogen-bond acceptors (Lipinski definition) is 2. The van der Waals surface area contributed by atoms with E-state index in [0.717, 1.165) is 6.07 Å². The standard InChI is InChI=1S/C10H7ClNO3S/c11-10-7-4-2-1-3-6(7)8(13)5-9(10)16(12,14)15/h1-5H,(H2,12,14,15). The summed E-state index contributed by atoms with van der Waals surface area (Å²) in [4.78, 5) is -0.335. The highest BCUT2D eigenvalue weighted by atomic mass is 35.5. The largest absolute Gasteiger partial charge is 0.289 e. The van der Waals surface area contributed by atoms with Crippen LogP contribution in [0.1, 0.15) is 0 Å². The molecule has 0 saturated heterocycles. The topological polar surface area (TPSA) is 80.1 Å². The van der Waals surface area contributed by atoms with Crippen LogP contribution in [0.3, 0.4) is 0 Å². The van der Waals surface area contributed by atoms with Gasteiger partial charge in [-0.05, 0) is 0 Å². The Labute approximate surface area is 97.3 Å². The quantitative estimate of drug-likeness (QED) is 0.849. The summed E-state index contributed by atoms with van der Waals surface area (Å²) in [6, 6.07) is 7.45. The molecule has 0 aromatic heterocycles. The normalized spacial score (nSPS) is 11.9. The third kappa shape index (κ3) is 1.73. The van der Waals surface area contributed by atoms with Crippen molar-refractivity contribution in [1.29, 1.82) is 0 Å². The second-order valence-corrected chi connectivity index (χ2v) is 5.19.